The number of carbonyl (C=O) groups is 3. The molecule has 5 heteroatoms. The van der Waals surface area contributed by atoms with E-state index in [1.807, 2.05) is 0 Å². The predicted octanol–water partition coefficient (Wildman–Crippen LogP) is 5.16. The van der Waals surface area contributed by atoms with Gasteiger partial charge in [-0.15, -0.1) is 0 Å². The Kier molecular flexibility index (Phi) is 6.30. The van der Waals surface area contributed by atoms with E-state index >= 15 is 0 Å². The average molecular weight is 410 g/mol. The van der Waals surface area contributed by atoms with Crippen molar-refractivity contribution >= 4 is 17.8 Å². The van der Waals surface area contributed by atoms with E-state index in [9.17, 15) is 14.4 Å². The number of aryl methyl sites for hydroxylation is 2. The molecule has 3 rings (SSSR count). The summed E-state index contributed by atoms with van der Waals surface area (Å²) >= 11 is 0. The van der Waals surface area contributed by atoms with E-state index in [4.69, 9.17) is 4.74 Å². The summed E-state index contributed by atoms with van der Waals surface area (Å²) in [5.41, 5.74) is 3.77. The van der Waals surface area contributed by atoms with Crippen molar-refractivity contribution in [3.05, 3.63) is 58.7 Å². The van der Waals surface area contributed by atoms with Crippen molar-refractivity contribution in [2.24, 2.45) is 0 Å². The minimum Gasteiger partial charge on any atom is -0.443 e. The Morgan fingerprint density at radius 3 is 2.53 bits per heavy atom. The van der Waals surface area contributed by atoms with Crippen LogP contribution in [-0.4, -0.2) is 34.3 Å². The van der Waals surface area contributed by atoms with Crippen LogP contribution in [0.4, 0.5) is 4.79 Å². The van der Waals surface area contributed by atoms with Gasteiger partial charge in [0, 0.05) is 18.4 Å². The molecule has 1 aromatic carbocycles. The third-order valence-electron chi connectivity index (χ3n) is 5.70. The first kappa shape index (κ1) is 22.0. The number of amides is 2. The lowest BCUT2D eigenvalue weighted by molar-refractivity contribution is -0.125. The molecule has 2 unspecified atom stereocenters. The van der Waals surface area contributed by atoms with Crippen molar-refractivity contribution in [2.75, 3.05) is 0 Å². The molecule has 2 amide bonds. The Labute approximate surface area is 178 Å². The maximum atomic E-state index is 12.9. The molecule has 0 saturated heterocycles. The highest BCUT2D eigenvalue weighted by atomic mass is 16.6. The molecular weight excluding hydrogens is 378 g/mol. The first-order valence-electron chi connectivity index (χ1n) is 10.6. The first-order valence-corrected chi connectivity index (χ1v) is 10.6. The number of imide groups is 1. The average Bonchev–Trinajstić information content (AvgIpc) is 3.02. The second kappa shape index (κ2) is 8.58. The normalized spacial score (nSPS) is 20.4. The molecule has 0 spiro atoms. The maximum Gasteiger partial charge on any atom is 0.417 e. The molecule has 2 atom stereocenters. The maximum absolute atomic E-state index is 12.9. The Bertz CT molecular complexity index is 920. The summed E-state index contributed by atoms with van der Waals surface area (Å²) in [6, 6.07) is 5.79. The summed E-state index contributed by atoms with van der Waals surface area (Å²) < 4.78 is 5.52. The van der Waals surface area contributed by atoms with Gasteiger partial charge < -0.3 is 4.74 Å². The lowest BCUT2D eigenvalue weighted by Crippen LogP contribution is -2.45. The minimum atomic E-state index is -0.696. The van der Waals surface area contributed by atoms with Crippen LogP contribution in [-0.2, 0) is 14.3 Å². The van der Waals surface area contributed by atoms with Gasteiger partial charge in [0.25, 0.3) is 5.91 Å². The highest BCUT2D eigenvalue weighted by Crippen LogP contribution is 2.37. The van der Waals surface area contributed by atoms with Gasteiger partial charge in [0.1, 0.15) is 5.60 Å². The van der Waals surface area contributed by atoms with Gasteiger partial charge in [-0.2, -0.15) is 0 Å². The Hall–Kier alpha value is -2.69. The van der Waals surface area contributed by atoms with E-state index < -0.39 is 17.7 Å². The van der Waals surface area contributed by atoms with Crippen molar-refractivity contribution in [3.8, 4) is 0 Å². The topological polar surface area (TPSA) is 63.7 Å². The smallest absolute Gasteiger partial charge is 0.417 e. The van der Waals surface area contributed by atoms with E-state index in [0.29, 0.717) is 12.8 Å². The zero-order valence-electron chi connectivity index (χ0n) is 18.5. The molecule has 2 aliphatic rings. The molecule has 1 aromatic rings. The van der Waals surface area contributed by atoms with E-state index in [1.54, 1.807) is 32.9 Å². The van der Waals surface area contributed by atoms with Crippen LogP contribution in [0.1, 0.15) is 69.1 Å². The fourth-order valence-electron chi connectivity index (χ4n) is 4.07. The third-order valence-corrected chi connectivity index (χ3v) is 5.70. The summed E-state index contributed by atoms with van der Waals surface area (Å²) in [5.74, 6) is -0.356. The van der Waals surface area contributed by atoms with Crippen molar-refractivity contribution in [3.63, 3.8) is 0 Å². The van der Waals surface area contributed by atoms with Crippen molar-refractivity contribution in [1.82, 2.24) is 4.90 Å². The van der Waals surface area contributed by atoms with Crippen LogP contribution in [0, 0.1) is 13.8 Å². The predicted molar refractivity (Wildman–Crippen MR) is 116 cm³/mol. The summed E-state index contributed by atoms with van der Waals surface area (Å²) in [5, 5.41) is 0. The molecule has 0 radical (unpaired) electrons. The molecule has 1 aliphatic carbocycles. The van der Waals surface area contributed by atoms with Gasteiger partial charge in [0.05, 0.1) is 6.04 Å². The second-order valence-corrected chi connectivity index (χ2v) is 9.32. The van der Waals surface area contributed by atoms with Crippen LogP contribution in [0.5, 0.6) is 0 Å². The molecule has 0 aromatic heterocycles. The van der Waals surface area contributed by atoms with Crippen LogP contribution < -0.4 is 0 Å². The van der Waals surface area contributed by atoms with E-state index in [-0.39, 0.29) is 17.6 Å². The summed E-state index contributed by atoms with van der Waals surface area (Å²) in [7, 11) is 0. The quantitative estimate of drug-likeness (QED) is 0.689. The van der Waals surface area contributed by atoms with Crippen molar-refractivity contribution in [1.29, 1.82) is 0 Å². The number of benzene rings is 1. The molecule has 1 aliphatic heterocycles. The van der Waals surface area contributed by atoms with Crippen molar-refractivity contribution < 1.29 is 19.1 Å². The number of nitrogens with zero attached hydrogens (tertiary/aromatic N) is 1. The number of rotatable bonds is 4. The molecule has 0 fully saturated rings. The van der Waals surface area contributed by atoms with Gasteiger partial charge >= 0.3 is 6.09 Å². The largest absolute Gasteiger partial charge is 0.443 e. The molecule has 0 N–H and O–H groups in total. The van der Waals surface area contributed by atoms with Gasteiger partial charge in [0.2, 0.25) is 0 Å². The van der Waals surface area contributed by atoms with Gasteiger partial charge in [-0.1, -0.05) is 29.8 Å². The van der Waals surface area contributed by atoms with Crippen LogP contribution >= 0.6 is 0 Å². The number of hydrogen-bond acceptors (Lipinski definition) is 4. The van der Waals surface area contributed by atoms with Crippen LogP contribution in [0.15, 0.2) is 42.0 Å². The van der Waals surface area contributed by atoms with Crippen LogP contribution in [0.3, 0.4) is 0 Å². The van der Waals surface area contributed by atoms with Crippen molar-refractivity contribution in [2.45, 2.75) is 77.9 Å². The molecule has 160 valence electrons. The Morgan fingerprint density at radius 1 is 1.17 bits per heavy atom. The molecule has 0 saturated carbocycles. The van der Waals surface area contributed by atoms with E-state index in [2.05, 4.69) is 32.0 Å². The highest BCUT2D eigenvalue weighted by Gasteiger charge is 2.40. The van der Waals surface area contributed by atoms with Gasteiger partial charge in [-0.3, -0.25) is 9.59 Å². The lowest BCUT2D eigenvalue weighted by atomic mass is 9.82. The number of allylic oxidation sites excluding steroid dienone is 2. The minimum absolute atomic E-state index is 0.142. The summed E-state index contributed by atoms with van der Waals surface area (Å²) in [6.45, 7) is 9.47. The lowest BCUT2D eigenvalue weighted by Gasteiger charge is -2.33. The van der Waals surface area contributed by atoms with Gasteiger partial charge in [-0.05, 0) is 76.6 Å². The number of ether oxygens (including phenoxy) is 1. The molecule has 5 nitrogen and oxygen atoms in total. The third kappa shape index (κ3) is 5.07. The SMILES string of the molecule is Cc1ccc(C(CC2=CC(=O)CCC2)C2C=CC(=O)N2C(=O)OC(C)(C)C)cc1C. The van der Waals surface area contributed by atoms with Gasteiger partial charge in [0.15, 0.2) is 5.78 Å². The number of carbonyl (C=O) groups excluding carboxylic acids is 3. The first-order chi connectivity index (χ1) is 14.0. The van der Waals surface area contributed by atoms with Crippen LogP contribution in [0.2, 0.25) is 0 Å². The molecule has 0 bridgehead atoms. The molecular formula is C25H31NO4. The van der Waals surface area contributed by atoms with E-state index in [1.165, 1.54) is 16.5 Å². The summed E-state index contributed by atoms with van der Waals surface area (Å²) in [4.78, 5) is 38.6. The Morgan fingerprint density at radius 2 is 1.90 bits per heavy atom. The molecule has 1 heterocycles. The monoisotopic (exact) mass is 409 g/mol. The van der Waals surface area contributed by atoms with Gasteiger partial charge in [-0.25, -0.2) is 9.69 Å². The summed E-state index contributed by atoms with van der Waals surface area (Å²) in [6.07, 6.45) is 7.27. The second-order valence-electron chi connectivity index (χ2n) is 9.32. The molecule has 30 heavy (non-hydrogen) atoms. The van der Waals surface area contributed by atoms with E-state index in [0.717, 1.165) is 29.5 Å². The number of hydrogen-bond donors (Lipinski definition) is 0. The fraction of sp³-hybridized carbons (Fsp3) is 0.480. The zero-order chi connectivity index (χ0) is 22.1. The highest BCUT2D eigenvalue weighted by molar-refractivity contribution is 6.01. The van der Waals surface area contributed by atoms with Crippen LogP contribution in [0.25, 0.3) is 0 Å². The Balaban J connectivity index is 1.98. The fourth-order valence-corrected chi connectivity index (χ4v) is 4.07. The number of ketones is 1. The zero-order valence-corrected chi connectivity index (χ0v) is 18.5. The standard InChI is InChI=1S/C25H31NO4/c1-16-9-10-19(13-17(16)2)21(15-18-7-6-8-20(27)14-18)22-11-12-23(28)26(22)24(29)30-25(3,4)5/h9-14,21-22H,6-8,15H2,1-5H3.